The summed E-state index contributed by atoms with van der Waals surface area (Å²) in [5.41, 5.74) is 4.11. The number of nitrogens with zero attached hydrogens (tertiary/aromatic N) is 1. The van der Waals surface area contributed by atoms with Crippen LogP contribution in [0.3, 0.4) is 0 Å². The van der Waals surface area contributed by atoms with Crippen molar-refractivity contribution < 1.29 is 0 Å². The Morgan fingerprint density at radius 3 is 2.86 bits per heavy atom. The van der Waals surface area contributed by atoms with Crippen LogP contribution in [0.2, 0.25) is 0 Å². The molecule has 22 heavy (non-hydrogen) atoms. The molecule has 118 valence electrons. The van der Waals surface area contributed by atoms with E-state index in [1.54, 1.807) is 5.57 Å². The summed E-state index contributed by atoms with van der Waals surface area (Å²) < 4.78 is 0. The van der Waals surface area contributed by atoms with Crippen LogP contribution in [0.15, 0.2) is 35.5 Å². The van der Waals surface area contributed by atoms with Crippen LogP contribution in [0, 0.1) is 35.0 Å². The molecule has 0 saturated heterocycles. The summed E-state index contributed by atoms with van der Waals surface area (Å²) in [5, 5.41) is 0. The third-order valence-electron chi connectivity index (χ3n) is 7.55. The zero-order valence-electron chi connectivity index (χ0n) is 14.1. The predicted octanol–water partition coefficient (Wildman–Crippen LogP) is 4.43. The molecular formula is C21H29N. The van der Waals surface area contributed by atoms with E-state index >= 15 is 0 Å². The molecule has 1 aliphatic heterocycles. The van der Waals surface area contributed by atoms with Gasteiger partial charge in [0, 0.05) is 25.0 Å². The molecule has 4 aliphatic carbocycles. The molecule has 0 N–H and O–H groups in total. The fraction of sp³-hybridized carbons (Fsp3) is 0.714. The van der Waals surface area contributed by atoms with Crippen LogP contribution in [0.5, 0.6) is 0 Å². The number of hydrogen-bond donors (Lipinski definition) is 0. The second-order valence-electron chi connectivity index (χ2n) is 8.89. The average Bonchev–Trinajstić information content (AvgIpc) is 2.94. The number of hydrogen-bond acceptors (Lipinski definition) is 1. The molecule has 0 amide bonds. The Kier molecular flexibility index (Phi) is 2.84. The van der Waals surface area contributed by atoms with Crippen molar-refractivity contribution in [3.8, 4) is 0 Å². The van der Waals surface area contributed by atoms with E-state index in [1.807, 2.05) is 5.57 Å². The molecule has 0 spiro atoms. The summed E-state index contributed by atoms with van der Waals surface area (Å²) in [6.07, 6.45) is 15.7. The topological polar surface area (TPSA) is 3.24 Å². The molecule has 0 radical (unpaired) electrons. The average molecular weight is 295 g/mol. The summed E-state index contributed by atoms with van der Waals surface area (Å²) in [5.74, 6) is 4.44. The molecule has 2 bridgehead atoms. The largest absolute Gasteiger partial charge is 0.298 e. The first kappa shape index (κ1) is 13.6. The molecule has 1 nitrogen and oxygen atoms in total. The van der Waals surface area contributed by atoms with Gasteiger partial charge in [0.2, 0.25) is 0 Å². The minimum atomic E-state index is 0.575. The molecule has 5 atom stereocenters. The van der Waals surface area contributed by atoms with Gasteiger partial charge in [0.1, 0.15) is 0 Å². The molecule has 2 fully saturated rings. The SMILES string of the molecule is CC(C)C12CC1C=CC1=C2CCN(CC2CC3C=CC2C3)C1. The summed E-state index contributed by atoms with van der Waals surface area (Å²) in [6.45, 7) is 8.76. The van der Waals surface area contributed by atoms with Crippen molar-refractivity contribution in [2.24, 2.45) is 35.0 Å². The smallest absolute Gasteiger partial charge is 0.0233 e. The van der Waals surface area contributed by atoms with Crippen molar-refractivity contribution in [3.05, 3.63) is 35.5 Å². The highest BCUT2D eigenvalue weighted by Crippen LogP contribution is 2.66. The van der Waals surface area contributed by atoms with Gasteiger partial charge in [0.05, 0.1) is 0 Å². The van der Waals surface area contributed by atoms with Gasteiger partial charge in [0.15, 0.2) is 0 Å². The van der Waals surface area contributed by atoms with E-state index in [-0.39, 0.29) is 0 Å². The Morgan fingerprint density at radius 1 is 1.23 bits per heavy atom. The zero-order valence-corrected chi connectivity index (χ0v) is 14.1. The van der Waals surface area contributed by atoms with E-state index in [0.717, 1.165) is 29.6 Å². The van der Waals surface area contributed by atoms with Crippen molar-refractivity contribution in [3.63, 3.8) is 0 Å². The van der Waals surface area contributed by atoms with Crippen LogP contribution >= 0.6 is 0 Å². The number of fused-ring (bicyclic) bond motifs is 4. The van der Waals surface area contributed by atoms with Crippen LogP contribution in [0.1, 0.15) is 39.5 Å². The zero-order chi connectivity index (χ0) is 14.9. The van der Waals surface area contributed by atoms with Gasteiger partial charge in [-0.2, -0.15) is 0 Å². The number of allylic oxidation sites excluding steroid dienone is 3. The van der Waals surface area contributed by atoms with E-state index in [4.69, 9.17) is 0 Å². The molecule has 5 aliphatic rings. The standard InChI is InChI=1S/C21H29N/c1-14(2)21-11-19(21)6-5-17-12-22(8-7-20(17)21)13-18-10-15-3-4-16(18)9-15/h3-6,14-16,18-19H,7-13H2,1-2H3. The van der Waals surface area contributed by atoms with Gasteiger partial charge in [-0.3, -0.25) is 4.90 Å². The lowest BCUT2D eigenvalue weighted by Gasteiger charge is -2.38. The van der Waals surface area contributed by atoms with Crippen molar-refractivity contribution in [1.82, 2.24) is 4.90 Å². The van der Waals surface area contributed by atoms with E-state index in [0.29, 0.717) is 5.41 Å². The van der Waals surface area contributed by atoms with Crippen molar-refractivity contribution in [1.29, 1.82) is 0 Å². The first-order chi connectivity index (χ1) is 10.7. The van der Waals surface area contributed by atoms with Crippen molar-refractivity contribution >= 4 is 0 Å². The maximum atomic E-state index is 2.76. The third kappa shape index (κ3) is 1.81. The van der Waals surface area contributed by atoms with Crippen LogP contribution in [-0.4, -0.2) is 24.5 Å². The lowest BCUT2D eigenvalue weighted by Crippen LogP contribution is -2.39. The van der Waals surface area contributed by atoms with Crippen molar-refractivity contribution in [2.75, 3.05) is 19.6 Å². The number of rotatable bonds is 3. The summed E-state index contributed by atoms with van der Waals surface area (Å²) in [6, 6.07) is 0. The van der Waals surface area contributed by atoms with Gasteiger partial charge in [-0.25, -0.2) is 0 Å². The van der Waals surface area contributed by atoms with Crippen LogP contribution in [-0.2, 0) is 0 Å². The highest BCUT2D eigenvalue weighted by atomic mass is 15.1. The summed E-state index contributed by atoms with van der Waals surface area (Å²) >= 11 is 0. The fourth-order valence-electron chi connectivity index (χ4n) is 6.26. The Labute approximate surface area is 135 Å². The van der Waals surface area contributed by atoms with E-state index < -0.39 is 0 Å². The quantitative estimate of drug-likeness (QED) is 0.696. The van der Waals surface area contributed by atoms with Gasteiger partial charge in [-0.05, 0) is 60.8 Å². The molecular weight excluding hydrogens is 266 g/mol. The Bertz CT molecular complexity index is 581. The maximum absolute atomic E-state index is 2.76. The Morgan fingerprint density at radius 2 is 2.14 bits per heavy atom. The maximum Gasteiger partial charge on any atom is 0.0233 e. The van der Waals surface area contributed by atoms with E-state index in [2.05, 4.69) is 43.1 Å². The van der Waals surface area contributed by atoms with Crippen LogP contribution in [0.25, 0.3) is 0 Å². The summed E-state index contributed by atoms with van der Waals surface area (Å²) in [4.78, 5) is 2.76. The van der Waals surface area contributed by atoms with Gasteiger partial charge < -0.3 is 0 Å². The van der Waals surface area contributed by atoms with Gasteiger partial charge in [0.25, 0.3) is 0 Å². The van der Waals surface area contributed by atoms with Gasteiger partial charge in [-0.15, -0.1) is 0 Å². The Balaban J connectivity index is 1.32. The molecule has 1 heteroatoms. The fourth-order valence-corrected chi connectivity index (χ4v) is 6.26. The van der Waals surface area contributed by atoms with Gasteiger partial charge >= 0.3 is 0 Å². The van der Waals surface area contributed by atoms with Crippen molar-refractivity contribution in [2.45, 2.75) is 39.5 Å². The highest BCUT2D eigenvalue weighted by molar-refractivity contribution is 5.45. The lowest BCUT2D eigenvalue weighted by molar-refractivity contribution is 0.213. The molecule has 2 saturated carbocycles. The molecule has 0 aromatic heterocycles. The normalized spacial score (nSPS) is 45.6. The van der Waals surface area contributed by atoms with Crippen LogP contribution < -0.4 is 0 Å². The second-order valence-corrected chi connectivity index (χ2v) is 8.89. The van der Waals surface area contributed by atoms with Crippen LogP contribution in [0.4, 0.5) is 0 Å². The first-order valence-electron chi connectivity index (χ1n) is 9.48. The van der Waals surface area contributed by atoms with Gasteiger partial charge in [-0.1, -0.05) is 43.7 Å². The minimum Gasteiger partial charge on any atom is -0.298 e. The molecule has 0 aromatic rings. The summed E-state index contributed by atoms with van der Waals surface area (Å²) in [7, 11) is 0. The molecule has 5 rings (SSSR count). The Hall–Kier alpha value is -0.820. The predicted molar refractivity (Wildman–Crippen MR) is 91.4 cm³/mol. The molecule has 0 aromatic carbocycles. The molecule has 1 heterocycles. The first-order valence-corrected chi connectivity index (χ1v) is 9.48. The third-order valence-corrected chi connectivity index (χ3v) is 7.55. The second kappa shape index (κ2) is 4.60. The lowest BCUT2D eigenvalue weighted by atomic mass is 9.75. The van der Waals surface area contributed by atoms with E-state index in [9.17, 15) is 0 Å². The highest BCUT2D eigenvalue weighted by Gasteiger charge is 2.58. The monoisotopic (exact) mass is 295 g/mol. The molecule has 5 unspecified atom stereocenters. The van der Waals surface area contributed by atoms with E-state index in [1.165, 1.54) is 45.3 Å². The minimum absolute atomic E-state index is 0.575.